The van der Waals surface area contributed by atoms with Gasteiger partial charge in [-0.25, -0.2) is 4.68 Å². The van der Waals surface area contributed by atoms with E-state index in [9.17, 15) is 14.9 Å². The van der Waals surface area contributed by atoms with Crippen LogP contribution in [-0.2, 0) is 11.8 Å². The molecule has 32 heavy (non-hydrogen) atoms. The molecule has 0 spiro atoms. The molecule has 0 saturated heterocycles. The minimum Gasteiger partial charge on any atom is -0.493 e. The molecule has 0 unspecified atom stereocenters. The lowest BCUT2D eigenvalue weighted by Gasteiger charge is -2.10. The second kappa shape index (κ2) is 9.58. The normalized spacial score (nSPS) is 11.1. The Morgan fingerprint density at radius 2 is 1.78 bits per heavy atom. The van der Waals surface area contributed by atoms with E-state index in [1.54, 1.807) is 42.9 Å². The van der Waals surface area contributed by atoms with Gasteiger partial charge < -0.3 is 14.8 Å². The van der Waals surface area contributed by atoms with E-state index in [0.717, 1.165) is 0 Å². The number of carbonyl (C=O) groups is 1. The van der Waals surface area contributed by atoms with Crippen LogP contribution in [0.25, 0.3) is 11.8 Å². The molecule has 0 radical (unpaired) electrons. The lowest BCUT2D eigenvalue weighted by atomic mass is 10.1. The summed E-state index contributed by atoms with van der Waals surface area (Å²) in [4.78, 5) is 25.9. The number of nitrogens with zero attached hydrogens (tertiary/aromatic N) is 3. The van der Waals surface area contributed by atoms with Crippen molar-refractivity contribution < 1.29 is 14.3 Å². The number of hydrogen-bond acceptors (Lipinski definition) is 5. The Bertz CT molecular complexity index is 1300. The first kappa shape index (κ1) is 22.9. The number of para-hydroxylation sites is 1. The Kier molecular flexibility index (Phi) is 6.85. The van der Waals surface area contributed by atoms with Crippen molar-refractivity contribution in [2.45, 2.75) is 6.92 Å². The highest BCUT2D eigenvalue weighted by Gasteiger charge is 2.20. The molecular weight excluding hydrogens is 476 g/mol. The van der Waals surface area contributed by atoms with Gasteiger partial charge in [0, 0.05) is 11.5 Å². The Morgan fingerprint density at radius 3 is 2.38 bits per heavy atom. The lowest BCUT2D eigenvalue weighted by Crippen LogP contribution is -2.23. The van der Waals surface area contributed by atoms with E-state index in [1.807, 2.05) is 24.3 Å². The number of rotatable bonds is 6. The quantitative estimate of drug-likeness (QED) is 0.413. The first-order valence-corrected chi connectivity index (χ1v) is 10.3. The fourth-order valence-corrected chi connectivity index (χ4v) is 3.61. The number of carbonyl (C=O) groups excluding carboxylic acids is 1. The lowest BCUT2D eigenvalue weighted by molar-refractivity contribution is -0.112. The number of benzene rings is 2. The van der Waals surface area contributed by atoms with Crippen LogP contribution >= 0.6 is 15.9 Å². The molecule has 1 amide bonds. The molecule has 0 aliphatic rings. The summed E-state index contributed by atoms with van der Waals surface area (Å²) in [7, 11) is 4.73. The van der Waals surface area contributed by atoms with E-state index >= 15 is 0 Å². The zero-order chi connectivity index (χ0) is 23.4. The largest absolute Gasteiger partial charge is 0.493 e. The van der Waals surface area contributed by atoms with E-state index in [-0.39, 0.29) is 11.3 Å². The number of anilines is 1. The number of ether oxygens (including phenoxy) is 2. The molecule has 1 aromatic heterocycles. The maximum absolute atomic E-state index is 13.0. The monoisotopic (exact) mass is 496 g/mol. The third kappa shape index (κ3) is 4.31. The van der Waals surface area contributed by atoms with Crippen molar-refractivity contribution in [3.05, 3.63) is 74.1 Å². The van der Waals surface area contributed by atoms with Crippen LogP contribution in [0.5, 0.6) is 11.5 Å². The van der Waals surface area contributed by atoms with Crippen molar-refractivity contribution in [2.75, 3.05) is 19.5 Å². The van der Waals surface area contributed by atoms with Gasteiger partial charge in [0.1, 0.15) is 17.3 Å². The van der Waals surface area contributed by atoms with E-state index in [0.29, 0.717) is 32.9 Å². The molecule has 0 saturated carbocycles. The van der Waals surface area contributed by atoms with Gasteiger partial charge in [-0.1, -0.05) is 34.1 Å². The van der Waals surface area contributed by atoms with E-state index < -0.39 is 11.5 Å². The standard InChI is InChI=1S/C23H21BrN4O4/c1-14-21(23(30)28(27(14)2)17-8-6-5-7-9-17)26-22(29)16(13-25)10-15-11-19(31-3)20(32-4)12-18(15)24/h5-12H,1-4H3,(H,26,29)/b16-10+. The fourth-order valence-electron chi connectivity index (χ4n) is 3.18. The number of nitrogens with one attached hydrogen (secondary N) is 1. The van der Waals surface area contributed by atoms with Gasteiger partial charge in [0.05, 0.1) is 25.6 Å². The summed E-state index contributed by atoms with van der Waals surface area (Å²) in [5.74, 6) is 0.255. The summed E-state index contributed by atoms with van der Waals surface area (Å²) in [6, 6.07) is 14.3. The molecule has 1 N–H and O–H groups in total. The van der Waals surface area contributed by atoms with Gasteiger partial charge in [0.25, 0.3) is 11.5 Å². The average molecular weight is 497 g/mol. The van der Waals surface area contributed by atoms with Gasteiger partial charge in [0.2, 0.25) is 0 Å². The van der Waals surface area contributed by atoms with Crippen molar-refractivity contribution in [2.24, 2.45) is 7.05 Å². The number of amides is 1. The predicted octanol–water partition coefficient (Wildman–Crippen LogP) is 3.81. The summed E-state index contributed by atoms with van der Waals surface area (Å²) < 4.78 is 14.2. The fraction of sp³-hybridized carbons (Fsp3) is 0.174. The second-order valence-corrected chi connectivity index (χ2v) is 7.64. The Labute approximate surface area is 193 Å². The summed E-state index contributed by atoms with van der Waals surface area (Å²) in [5, 5.41) is 12.2. The van der Waals surface area contributed by atoms with Crippen molar-refractivity contribution in [1.29, 1.82) is 5.26 Å². The summed E-state index contributed by atoms with van der Waals surface area (Å²) in [5.41, 5.74) is 1.29. The summed E-state index contributed by atoms with van der Waals surface area (Å²) in [6.07, 6.45) is 1.41. The van der Waals surface area contributed by atoms with Gasteiger partial charge in [-0.15, -0.1) is 0 Å². The molecule has 3 aromatic rings. The first-order valence-electron chi connectivity index (χ1n) is 9.51. The Morgan fingerprint density at radius 1 is 1.16 bits per heavy atom. The molecular formula is C23H21BrN4O4. The molecule has 2 aromatic carbocycles. The van der Waals surface area contributed by atoms with Gasteiger partial charge in [-0.2, -0.15) is 5.26 Å². The predicted molar refractivity (Wildman–Crippen MR) is 125 cm³/mol. The number of aromatic nitrogens is 2. The zero-order valence-corrected chi connectivity index (χ0v) is 19.6. The van der Waals surface area contributed by atoms with E-state index in [2.05, 4.69) is 21.2 Å². The summed E-state index contributed by atoms with van der Waals surface area (Å²) in [6.45, 7) is 1.72. The third-order valence-corrected chi connectivity index (χ3v) is 5.65. The van der Waals surface area contributed by atoms with Crippen LogP contribution in [0, 0.1) is 18.3 Å². The topological polar surface area (TPSA) is 98.3 Å². The third-order valence-electron chi connectivity index (χ3n) is 4.96. The molecule has 3 rings (SSSR count). The molecule has 9 heteroatoms. The second-order valence-electron chi connectivity index (χ2n) is 6.79. The van der Waals surface area contributed by atoms with Crippen LogP contribution in [0.1, 0.15) is 11.3 Å². The minimum atomic E-state index is -0.694. The maximum Gasteiger partial charge on any atom is 0.295 e. The number of methoxy groups -OCH3 is 2. The number of nitriles is 1. The van der Waals surface area contributed by atoms with E-state index in [4.69, 9.17) is 9.47 Å². The molecule has 0 atom stereocenters. The van der Waals surface area contributed by atoms with Gasteiger partial charge in [0.15, 0.2) is 11.5 Å². The molecule has 0 fully saturated rings. The molecule has 0 aliphatic heterocycles. The highest BCUT2D eigenvalue weighted by atomic mass is 79.9. The molecule has 0 bridgehead atoms. The summed E-state index contributed by atoms with van der Waals surface area (Å²) >= 11 is 3.41. The number of halogens is 1. The maximum atomic E-state index is 13.0. The van der Waals surface area contributed by atoms with Crippen LogP contribution in [0.15, 0.2) is 57.3 Å². The highest BCUT2D eigenvalue weighted by molar-refractivity contribution is 9.10. The first-order chi connectivity index (χ1) is 15.3. The smallest absolute Gasteiger partial charge is 0.295 e. The Hall–Kier alpha value is -3.77. The molecule has 0 aliphatic carbocycles. The molecule has 1 heterocycles. The minimum absolute atomic E-state index is 0.105. The van der Waals surface area contributed by atoms with E-state index in [1.165, 1.54) is 25.0 Å². The van der Waals surface area contributed by atoms with Crippen LogP contribution in [0.4, 0.5) is 5.69 Å². The van der Waals surface area contributed by atoms with Crippen molar-refractivity contribution in [3.8, 4) is 23.3 Å². The van der Waals surface area contributed by atoms with Crippen molar-refractivity contribution in [1.82, 2.24) is 9.36 Å². The molecule has 164 valence electrons. The highest BCUT2D eigenvalue weighted by Crippen LogP contribution is 2.34. The number of hydrogen-bond donors (Lipinski definition) is 1. The van der Waals surface area contributed by atoms with Gasteiger partial charge in [-0.05, 0) is 42.8 Å². The average Bonchev–Trinajstić information content (AvgIpc) is 3.01. The zero-order valence-electron chi connectivity index (χ0n) is 18.0. The van der Waals surface area contributed by atoms with Gasteiger partial charge in [-0.3, -0.25) is 14.3 Å². The van der Waals surface area contributed by atoms with Gasteiger partial charge >= 0.3 is 0 Å². The Balaban J connectivity index is 1.99. The molecule has 8 nitrogen and oxygen atoms in total. The van der Waals surface area contributed by atoms with Crippen molar-refractivity contribution >= 4 is 33.6 Å². The van der Waals surface area contributed by atoms with Crippen LogP contribution in [0.3, 0.4) is 0 Å². The van der Waals surface area contributed by atoms with Crippen LogP contribution < -0.4 is 20.3 Å². The van der Waals surface area contributed by atoms with Crippen molar-refractivity contribution in [3.63, 3.8) is 0 Å². The van der Waals surface area contributed by atoms with Crippen LogP contribution in [0.2, 0.25) is 0 Å². The van der Waals surface area contributed by atoms with Crippen LogP contribution in [-0.4, -0.2) is 29.5 Å². The SMILES string of the molecule is COc1cc(Br)c(/C=C(\C#N)C(=O)Nc2c(C)n(C)n(-c3ccccc3)c2=O)cc1OC.